The number of epoxide rings is 1. The Morgan fingerprint density at radius 3 is 1.47 bits per heavy atom. The van der Waals surface area contributed by atoms with Gasteiger partial charge in [0.2, 0.25) is 0 Å². The number of hydrogen-bond donors (Lipinski definition) is 5. The van der Waals surface area contributed by atoms with Gasteiger partial charge in [0.25, 0.3) is 0 Å². The van der Waals surface area contributed by atoms with E-state index >= 15 is 0 Å². The molecule has 1 rings (SSSR count). The van der Waals surface area contributed by atoms with Gasteiger partial charge >= 0.3 is 10.4 Å². The first-order chi connectivity index (χ1) is 14.3. The standard InChI is InChI=1S/C18H39NO3.C2H4O.H2O4S/c1-2-3-4-5-6-7-8-9-10-11-12-18(17-22)19(13-15-20)14-16-21;1-2-3-1;1-5(2,3)4/h18,20-22H,2-17H2,1H3;1-2H2;(H2,1,2,3,4). The SMILES string of the molecule is C1CO1.CCCCCCCCCCCCC(CO)N(CCO)CCO.O=S(=O)(O)O. The van der Waals surface area contributed by atoms with Gasteiger partial charge in [-0.1, -0.05) is 71.1 Å². The molecule has 10 heteroatoms. The van der Waals surface area contributed by atoms with Crippen molar-refractivity contribution < 1.29 is 37.6 Å². The third-order valence-electron chi connectivity index (χ3n) is 4.60. The van der Waals surface area contributed by atoms with E-state index in [-0.39, 0.29) is 25.9 Å². The van der Waals surface area contributed by atoms with Crippen molar-refractivity contribution in [2.45, 2.75) is 83.6 Å². The summed E-state index contributed by atoms with van der Waals surface area (Å²) in [7, 11) is -4.67. The first kappa shape index (κ1) is 31.9. The summed E-state index contributed by atoms with van der Waals surface area (Å²) in [5.41, 5.74) is 0. The molecule has 9 nitrogen and oxygen atoms in total. The van der Waals surface area contributed by atoms with Crippen LogP contribution in [0, 0.1) is 0 Å². The van der Waals surface area contributed by atoms with E-state index in [9.17, 15) is 5.11 Å². The molecule has 1 aliphatic heterocycles. The van der Waals surface area contributed by atoms with Gasteiger partial charge in [-0.2, -0.15) is 8.42 Å². The monoisotopic (exact) mass is 459 g/mol. The molecule has 0 aromatic carbocycles. The molecular formula is C20H45NO8S. The van der Waals surface area contributed by atoms with Crippen molar-refractivity contribution in [1.29, 1.82) is 0 Å². The third-order valence-corrected chi connectivity index (χ3v) is 4.60. The van der Waals surface area contributed by atoms with Crippen molar-refractivity contribution in [2.24, 2.45) is 0 Å². The largest absolute Gasteiger partial charge is 0.395 e. The Labute approximate surface area is 183 Å². The van der Waals surface area contributed by atoms with Crippen LogP contribution in [0.2, 0.25) is 0 Å². The number of ether oxygens (including phenoxy) is 1. The molecule has 0 spiro atoms. The van der Waals surface area contributed by atoms with E-state index < -0.39 is 10.4 Å². The van der Waals surface area contributed by atoms with Gasteiger partial charge in [0, 0.05) is 19.1 Å². The zero-order chi connectivity index (χ0) is 23.1. The summed E-state index contributed by atoms with van der Waals surface area (Å²) in [6.45, 7) is 5.58. The number of nitrogens with zero attached hydrogens (tertiary/aromatic N) is 1. The maximum absolute atomic E-state index is 9.49. The van der Waals surface area contributed by atoms with Gasteiger partial charge in [-0.25, -0.2) is 0 Å². The van der Waals surface area contributed by atoms with Crippen LogP contribution in [0.15, 0.2) is 0 Å². The van der Waals surface area contributed by atoms with E-state index in [0.29, 0.717) is 13.1 Å². The predicted octanol–water partition coefficient (Wildman–Crippen LogP) is 2.31. The smallest absolute Gasteiger partial charge is 0.394 e. The first-order valence-corrected chi connectivity index (χ1v) is 12.5. The van der Waals surface area contributed by atoms with E-state index in [1.54, 1.807) is 0 Å². The molecule has 1 aliphatic rings. The Morgan fingerprint density at radius 1 is 0.800 bits per heavy atom. The Morgan fingerprint density at radius 2 is 1.17 bits per heavy atom. The van der Waals surface area contributed by atoms with E-state index in [1.807, 2.05) is 4.90 Å². The highest BCUT2D eigenvalue weighted by Crippen LogP contribution is 2.14. The molecule has 0 radical (unpaired) electrons. The van der Waals surface area contributed by atoms with E-state index in [4.69, 9.17) is 27.7 Å². The number of unbranched alkanes of at least 4 members (excludes halogenated alkanes) is 9. The maximum Gasteiger partial charge on any atom is 0.394 e. The highest BCUT2D eigenvalue weighted by molar-refractivity contribution is 7.79. The molecule has 30 heavy (non-hydrogen) atoms. The fraction of sp³-hybridized carbons (Fsp3) is 1.00. The maximum atomic E-state index is 9.49. The van der Waals surface area contributed by atoms with Crippen LogP contribution >= 0.6 is 0 Å². The molecule has 1 atom stereocenters. The van der Waals surface area contributed by atoms with Crippen LogP contribution in [0.4, 0.5) is 0 Å². The summed E-state index contributed by atoms with van der Waals surface area (Å²) in [5, 5.41) is 27.6. The van der Waals surface area contributed by atoms with Crippen LogP contribution in [0.5, 0.6) is 0 Å². The lowest BCUT2D eigenvalue weighted by Gasteiger charge is -2.29. The highest BCUT2D eigenvalue weighted by Gasteiger charge is 2.16. The summed E-state index contributed by atoms with van der Waals surface area (Å²) in [5.74, 6) is 0. The van der Waals surface area contributed by atoms with Gasteiger partial charge in [-0.15, -0.1) is 0 Å². The van der Waals surface area contributed by atoms with Crippen LogP contribution in [-0.4, -0.2) is 89.9 Å². The van der Waals surface area contributed by atoms with Crippen LogP contribution in [-0.2, 0) is 15.1 Å². The predicted molar refractivity (Wildman–Crippen MR) is 118 cm³/mol. The topological polar surface area (TPSA) is 151 Å². The van der Waals surface area contributed by atoms with Crippen molar-refractivity contribution in [3.8, 4) is 0 Å². The molecule has 1 heterocycles. The first-order valence-electron chi connectivity index (χ1n) is 11.1. The molecule has 0 bridgehead atoms. The second-order valence-corrected chi connectivity index (χ2v) is 8.25. The molecule has 1 unspecified atom stereocenters. The molecule has 0 amide bonds. The number of aliphatic hydroxyl groups is 3. The lowest BCUT2D eigenvalue weighted by molar-refractivity contribution is 0.0781. The number of hydrogen-bond acceptors (Lipinski definition) is 7. The summed E-state index contributed by atoms with van der Waals surface area (Å²) in [6.07, 6.45) is 14.1. The van der Waals surface area contributed by atoms with Gasteiger partial charge in [-0.3, -0.25) is 14.0 Å². The minimum Gasteiger partial charge on any atom is -0.395 e. The van der Waals surface area contributed by atoms with Crippen molar-refractivity contribution in [3.05, 3.63) is 0 Å². The quantitative estimate of drug-likeness (QED) is 0.125. The zero-order valence-electron chi connectivity index (χ0n) is 18.6. The van der Waals surface area contributed by atoms with Gasteiger partial charge in [0.1, 0.15) is 0 Å². The lowest BCUT2D eigenvalue weighted by atomic mass is 10.0. The third kappa shape index (κ3) is 32.3. The molecule has 1 fully saturated rings. The number of aliphatic hydroxyl groups excluding tert-OH is 3. The number of rotatable bonds is 17. The minimum atomic E-state index is -4.67. The zero-order valence-corrected chi connectivity index (χ0v) is 19.4. The molecule has 0 aromatic rings. The van der Waals surface area contributed by atoms with E-state index in [0.717, 1.165) is 26.1 Å². The Balaban J connectivity index is 0. The molecule has 0 aromatic heterocycles. The van der Waals surface area contributed by atoms with Gasteiger partial charge in [0.15, 0.2) is 0 Å². The van der Waals surface area contributed by atoms with E-state index in [2.05, 4.69) is 11.7 Å². The Kier molecular flexibility index (Phi) is 24.8. The van der Waals surface area contributed by atoms with Crippen LogP contribution in [0.1, 0.15) is 77.6 Å². The summed E-state index contributed by atoms with van der Waals surface area (Å²) < 4.78 is 36.1. The van der Waals surface area contributed by atoms with Crippen molar-refractivity contribution >= 4 is 10.4 Å². The summed E-state index contributed by atoms with van der Waals surface area (Å²) >= 11 is 0. The second kappa shape index (κ2) is 23.3. The summed E-state index contributed by atoms with van der Waals surface area (Å²) in [4.78, 5) is 1.99. The Bertz CT molecular complexity index is 418. The minimum absolute atomic E-state index is 0.0772. The van der Waals surface area contributed by atoms with Crippen LogP contribution < -0.4 is 0 Å². The molecule has 0 saturated carbocycles. The Hall–Kier alpha value is -0.330. The molecule has 1 saturated heterocycles. The average Bonchev–Trinajstić information content (AvgIpc) is 3.54. The normalized spacial score (nSPS) is 13.8. The lowest BCUT2D eigenvalue weighted by Crippen LogP contribution is -2.41. The van der Waals surface area contributed by atoms with E-state index in [1.165, 1.54) is 57.8 Å². The fourth-order valence-corrected chi connectivity index (χ4v) is 2.99. The summed E-state index contributed by atoms with van der Waals surface area (Å²) in [6, 6.07) is 0.0772. The van der Waals surface area contributed by atoms with Crippen LogP contribution in [0.3, 0.4) is 0 Å². The van der Waals surface area contributed by atoms with Gasteiger partial charge in [-0.05, 0) is 6.42 Å². The molecule has 184 valence electrons. The van der Waals surface area contributed by atoms with Crippen molar-refractivity contribution in [1.82, 2.24) is 4.90 Å². The van der Waals surface area contributed by atoms with Gasteiger partial charge in [0.05, 0.1) is 33.0 Å². The average molecular weight is 460 g/mol. The fourth-order valence-electron chi connectivity index (χ4n) is 2.99. The second-order valence-electron chi connectivity index (χ2n) is 7.35. The molecule has 0 aliphatic carbocycles. The highest BCUT2D eigenvalue weighted by atomic mass is 32.3. The van der Waals surface area contributed by atoms with Crippen molar-refractivity contribution in [2.75, 3.05) is 46.1 Å². The molecular weight excluding hydrogens is 414 g/mol. The van der Waals surface area contributed by atoms with Gasteiger partial charge < -0.3 is 20.1 Å². The van der Waals surface area contributed by atoms with Crippen molar-refractivity contribution in [3.63, 3.8) is 0 Å². The molecule has 5 N–H and O–H groups in total. The van der Waals surface area contributed by atoms with Crippen LogP contribution in [0.25, 0.3) is 0 Å².